The lowest BCUT2D eigenvalue weighted by molar-refractivity contribution is 0.168. The highest BCUT2D eigenvalue weighted by molar-refractivity contribution is 7.99. The first-order chi connectivity index (χ1) is 6.27. The van der Waals surface area contributed by atoms with Crippen molar-refractivity contribution in [1.29, 1.82) is 0 Å². The van der Waals surface area contributed by atoms with E-state index < -0.39 is 0 Å². The molecule has 2 rings (SSSR count). The Morgan fingerprint density at radius 1 is 1.38 bits per heavy atom. The average molecular weight is 194 g/mol. The van der Waals surface area contributed by atoms with E-state index in [1.165, 1.54) is 5.56 Å². The molecule has 1 aliphatic rings. The summed E-state index contributed by atoms with van der Waals surface area (Å²) in [4.78, 5) is 0. The molecular formula is C11H14OS. The van der Waals surface area contributed by atoms with Crippen LogP contribution in [-0.4, -0.2) is 10.4 Å². The van der Waals surface area contributed by atoms with E-state index in [0.717, 1.165) is 17.7 Å². The van der Waals surface area contributed by atoms with Crippen LogP contribution in [0.1, 0.15) is 30.6 Å². The van der Waals surface area contributed by atoms with Crippen LogP contribution in [0.5, 0.6) is 0 Å². The Kier molecular flexibility index (Phi) is 2.61. The topological polar surface area (TPSA) is 20.2 Å². The summed E-state index contributed by atoms with van der Waals surface area (Å²) in [5, 5.41) is 10.5. The van der Waals surface area contributed by atoms with Gasteiger partial charge in [0.2, 0.25) is 0 Å². The molecule has 2 heteroatoms. The zero-order valence-corrected chi connectivity index (χ0v) is 8.55. The summed E-state index contributed by atoms with van der Waals surface area (Å²) in [5.74, 6) is 1.04. The number of aliphatic hydroxyl groups is 1. The van der Waals surface area contributed by atoms with Gasteiger partial charge in [0.1, 0.15) is 0 Å². The fraction of sp³-hybridized carbons (Fsp3) is 0.455. The highest BCUT2D eigenvalue weighted by Crippen LogP contribution is 2.34. The number of thioether (sulfide) groups is 1. The molecule has 0 fully saturated rings. The molecule has 1 aromatic carbocycles. The number of rotatable bonds is 0. The molecule has 0 radical (unpaired) electrons. The maximum atomic E-state index is 9.90. The van der Waals surface area contributed by atoms with Crippen molar-refractivity contribution in [2.24, 2.45) is 0 Å². The Balaban J connectivity index is 2.35. The van der Waals surface area contributed by atoms with Crippen molar-refractivity contribution in [1.82, 2.24) is 0 Å². The minimum Gasteiger partial charge on any atom is -0.388 e. The van der Waals surface area contributed by atoms with E-state index in [0.29, 0.717) is 5.25 Å². The minimum absolute atomic E-state index is 0.263. The monoisotopic (exact) mass is 194 g/mol. The lowest BCUT2D eigenvalue weighted by Crippen LogP contribution is -2.03. The van der Waals surface area contributed by atoms with Gasteiger partial charge in [-0.3, -0.25) is 0 Å². The summed E-state index contributed by atoms with van der Waals surface area (Å²) >= 11 is 1.93. The maximum Gasteiger partial charge on any atom is 0.0803 e. The molecular weight excluding hydrogens is 180 g/mol. The Hall–Kier alpha value is -0.470. The molecule has 1 aliphatic heterocycles. The summed E-state index contributed by atoms with van der Waals surface area (Å²) in [5.41, 5.74) is 2.42. The summed E-state index contributed by atoms with van der Waals surface area (Å²) in [6, 6.07) is 8.20. The van der Waals surface area contributed by atoms with Gasteiger partial charge in [-0.15, -0.1) is 0 Å². The molecule has 70 valence electrons. The molecule has 0 aromatic heterocycles. The molecule has 1 heterocycles. The molecule has 1 aromatic rings. The van der Waals surface area contributed by atoms with Gasteiger partial charge in [0.15, 0.2) is 0 Å². The van der Waals surface area contributed by atoms with Crippen LogP contribution >= 0.6 is 11.8 Å². The van der Waals surface area contributed by atoms with Gasteiger partial charge in [0.05, 0.1) is 6.10 Å². The molecule has 1 unspecified atom stereocenters. The van der Waals surface area contributed by atoms with Crippen LogP contribution in [0.3, 0.4) is 0 Å². The first-order valence-electron chi connectivity index (χ1n) is 4.65. The second-order valence-corrected chi connectivity index (χ2v) is 5.00. The van der Waals surface area contributed by atoms with Crippen LogP contribution in [0.15, 0.2) is 24.3 Å². The molecule has 0 bridgehead atoms. The number of benzene rings is 1. The standard InChI is InChI=1S/C11H14OS/c1-8-6-11(12)10-5-3-2-4-9(10)7-13-8/h2-5,8,11-12H,6-7H2,1H3/t8?,11-/m0/s1. The van der Waals surface area contributed by atoms with Crippen LogP contribution < -0.4 is 0 Å². The molecule has 0 saturated carbocycles. The Morgan fingerprint density at radius 2 is 2.15 bits per heavy atom. The van der Waals surface area contributed by atoms with Gasteiger partial charge in [-0.05, 0) is 17.5 Å². The van der Waals surface area contributed by atoms with E-state index in [1.54, 1.807) is 0 Å². The smallest absolute Gasteiger partial charge is 0.0803 e. The van der Waals surface area contributed by atoms with Crippen molar-refractivity contribution in [2.45, 2.75) is 30.5 Å². The zero-order valence-electron chi connectivity index (χ0n) is 7.73. The first kappa shape index (κ1) is 9.10. The van der Waals surface area contributed by atoms with Crippen molar-refractivity contribution in [3.05, 3.63) is 35.4 Å². The van der Waals surface area contributed by atoms with Crippen LogP contribution in [0.4, 0.5) is 0 Å². The van der Waals surface area contributed by atoms with E-state index in [4.69, 9.17) is 0 Å². The lowest BCUT2D eigenvalue weighted by atomic mass is 10.0. The molecule has 13 heavy (non-hydrogen) atoms. The van der Waals surface area contributed by atoms with Crippen LogP contribution in [0.25, 0.3) is 0 Å². The second-order valence-electron chi connectivity index (χ2n) is 3.57. The molecule has 1 N–H and O–H groups in total. The third-order valence-corrected chi connectivity index (χ3v) is 3.73. The normalized spacial score (nSPS) is 27.8. The van der Waals surface area contributed by atoms with Gasteiger partial charge >= 0.3 is 0 Å². The van der Waals surface area contributed by atoms with Crippen molar-refractivity contribution in [3.63, 3.8) is 0 Å². The van der Waals surface area contributed by atoms with Gasteiger partial charge in [0.25, 0.3) is 0 Å². The SMILES string of the molecule is CC1C[C@H](O)c2ccccc2CS1. The molecule has 0 spiro atoms. The summed E-state index contributed by atoms with van der Waals surface area (Å²) in [7, 11) is 0. The van der Waals surface area contributed by atoms with Crippen molar-refractivity contribution < 1.29 is 5.11 Å². The lowest BCUT2D eigenvalue weighted by Gasteiger charge is -2.11. The molecule has 0 saturated heterocycles. The van der Waals surface area contributed by atoms with E-state index in [-0.39, 0.29) is 6.10 Å². The fourth-order valence-electron chi connectivity index (χ4n) is 1.73. The number of fused-ring (bicyclic) bond motifs is 1. The van der Waals surface area contributed by atoms with Gasteiger partial charge in [-0.25, -0.2) is 0 Å². The third-order valence-electron chi connectivity index (χ3n) is 2.49. The summed E-state index contributed by atoms with van der Waals surface area (Å²) in [6.45, 7) is 2.18. The van der Waals surface area contributed by atoms with Crippen molar-refractivity contribution in [3.8, 4) is 0 Å². The first-order valence-corrected chi connectivity index (χ1v) is 5.69. The van der Waals surface area contributed by atoms with Crippen molar-refractivity contribution in [2.75, 3.05) is 0 Å². The quantitative estimate of drug-likeness (QED) is 0.685. The van der Waals surface area contributed by atoms with Crippen LogP contribution in [0, 0.1) is 0 Å². The van der Waals surface area contributed by atoms with Gasteiger partial charge < -0.3 is 5.11 Å². The largest absolute Gasteiger partial charge is 0.388 e. The Bertz CT molecular complexity index is 298. The highest BCUT2D eigenvalue weighted by atomic mass is 32.2. The number of aliphatic hydroxyl groups excluding tert-OH is 1. The van der Waals surface area contributed by atoms with Gasteiger partial charge in [0, 0.05) is 11.0 Å². The summed E-state index contributed by atoms with van der Waals surface area (Å²) < 4.78 is 0. The molecule has 1 nitrogen and oxygen atoms in total. The van der Waals surface area contributed by atoms with Crippen molar-refractivity contribution >= 4 is 11.8 Å². The van der Waals surface area contributed by atoms with E-state index in [9.17, 15) is 5.11 Å². The number of hydrogen-bond donors (Lipinski definition) is 1. The van der Waals surface area contributed by atoms with Gasteiger partial charge in [-0.2, -0.15) is 11.8 Å². The predicted molar refractivity (Wildman–Crippen MR) is 56.8 cm³/mol. The Labute approximate surface area is 83.2 Å². The molecule has 0 amide bonds. The average Bonchev–Trinajstić information content (AvgIpc) is 2.27. The van der Waals surface area contributed by atoms with E-state index in [2.05, 4.69) is 13.0 Å². The predicted octanol–water partition coefficient (Wildman–Crippen LogP) is 2.75. The van der Waals surface area contributed by atoms with Crippen LogP contribution in [-0.2, 0) is 5.75 Å². The molecule has 2 atom stereocenters. The highest BCUT2D eigenvalue weighted by Gasteiger charge is 2.19. The third kappa shape index (κ3) is 1.89. The maximum absolute atomic E-state index is 9.90. The number of hydrogen-bond acceptors (Lipinski definition) is 2. The Morgan fingerprint density at radius 3 is 3.00 bits per heavy atom. The summed E-state index contributed by atoms with van der Waals surface area (Å²) in [6.07, 6.45) is 0.614. The van der Waals surface area contributed by atoms with Crippen LogP contribution in [0.2, 0.25) is 0 Å². The second kappa shape index (κ2) is 3.72. The zero-order chi connectivity index (χ0) is 9.26. The minimum atomic E-state index is -0.263. The fourth-order valence-corrected chi connectivity index (χ4v) is 2.78. The van der Waals surface area contributed by atoms with E-state index in [1.807, 2.05) is 30.0 Å². The molecule has 0 aliphatic carbocycles. The van der Waals surface area contributed by atoms with Gasteiger partial charge in [-0.1, -0.05) is 31.2 Å². The van der Waals surface area contributed by atoms with E-state index >= 15 is 0 Å².